The van der Waals surface area contributed by atoms with Gasteiger partial charge in [0.15, 0.2) is 0 Å². The first-order valence-electron chi connectivity index (χ1n) is 24.4. The van der Waals surface area contributed by atoms with Gasteiger partial charge in [-0.05, 0) is 132 Å². The number of hydrogen-bond donors (Lipinski definition) is 0. The SMILES string of the molecule is C1=Cc2nc1c(-c1ccccc1)c1ccc([n-]1)c(-c1ccccc1)c1nc(c(-c3ccccc3)c3ccc([n-]3)c2-c2ccccc2)C=C1.CC1=CC(=Nc2c(C)cccc2C)C=C(C)C1=[N-].[NH-]c1ccc(Cl)cc1.[Ru+4]. The molecule has 9 aromatic rings. The fourth-order valence-electron chi connectivity index (χ4n) is 9.25. The van der Waals surface area contributed by atoms with E-state index in [-0.39, 0.29) is 19.5 Å². The second-order valence-electron chi connectivity index (χ2n) is 18.1. The second kappa shape index (κ2) is 23.1. The number of para-hydroxylation sites is 1. The van der Waals surface area contributed by atoms with Crippen LogP contribution in [-0.2, 0) is 19.5 Å². The summed E-state index contributed by atoms with van der Waals surface area (Å²) in [5.74, 6) is 0. The molecule has 0 fully saturated rings. The van der Waals surface area contributed by atoms with E-state index in [1.807, 2.05) is 56.3 Å². The van der Waals surface area contributed by atoms with Gasteiger partial charge in [0.2, 0.25) is 0 Å². The van der Waals surface area contributed by atoms with E-state index >= 15 is 0 Å². The summed E-state index contributed by atoms with van der Waals surface area (Å²) in [5.41, 5.74) is 28.9. The first-order valence-corrected chi connectivity index (χ1v) is 24.8. The molecule has 12 rings (SSSR count). The molecule has 75 heavy (non-hydrogen) atoms. The maximum Gasteiger partial charge on any atom is 4.00 e. The van der Waals surface area contributed by atoms with E-state index in [1.165, 1.54) is 11.1 Å². The van der Waals surface area contributed by atoms with E-state index in [1.54, 1.807) is 24.3 Å². The average molecular weight is 1080 g/mol. The van der Waals surface area contributed by atoms with Crippen molar-refractivity contribution in [3.63, 3.8) is 0 Å². The van der Waals surface area contributed by atoms with Crippen LogP contribution in [0, 0.1) is 13.8 Å². The molecule has 0 radical (unpaired) electrons. The fraction of sp³-hybridized carbons (Fsp3) is 0.0606. The molecule has 5 heterocycles. The maximum atomic E-state index is 9.76. The van der Waals surface area contributed by atoms with Crippen LogP contribution in [0.2, 0.25) is 5.02 Å². The number of aryl methyl sites for hydroxylation is 2. The van der Waals surface area contributed by atoms with Crippen LogP contribution in [0.25, 0.3) is 102 Å². The Hall–Kier alpha value is -8.55. The van der Waals surface area contributed by atoms with Crippen LogP contribution in [0.4, 0.5) is 11.4 Å². The molecule has 0 spiro atoms. The molecule has 0 atom stereocenters. The Bertz CT molecular complexity index is 3470. The first kappa shape index (κ1) is 51.4. The molecule has 3 aromatic heterocycles. The van der Waals surface area contributed by atoms with Crippen LogP contribution >= 0.6 is 11.6 Å². The van der Waals surface area contributed by atoms with E-state index in [0.29, 0.717) is 16.4 Å². The minimum atomic E-state index is 0. The van der Waals surface area contributed by atoms with Gasteiger partial charge in [0.25, 0.3) is 0 Å². The molecule has 0 unspecified atom stereocenters. The van der Waals surface area contributed by atoms with Gasteiger partial charge in [-0.1, -0.05) is 199 Å². The largest absolute Gasteiger partial charge is 4.00 e. The minimum Gasteiger partial charge on any atom is -0.804 e. The molecule has 3 aliphatic rings. The monoisotopic (exact) mass is 1080 g/mol. The van der Waals surface area contributed by atoms with Gasteiger partial charge in [-0.2, -0.15) is 5.71 Å². The quantitative estimate of drug-likeness (QED) is 0.126. The number of allylic oxidation sites excluding steroid dienone is 4. The van der Waals surface area contributed by atoms with Crippen LogP contribution in [-0.4, -0.2) is 21.4 Å². The third kappa shape index (κ3) is 11.5. The first-order chi connectivity index (χ1) is 36.1. The number of halogens is 1. The topological polar surface area (TPSA) is 112 Å². The molecule has 364 valence electrons. The fourth-order valence-corrected chi connectivity index (χ4v) is 9.37. The summed E-state index contributed by atoms with van der Waals surface area (Å²) in [6.45, 7) is 7.91. The van der Waals surface area contributed by atoms with Crippen molar-refractivity contribution in [2.24, 2.45) is 4.99 Å². The molecule has 0 saturated heterocycles. The number of fused-ring (bicyclic) bond motifs is 8. The van der Waals surface area contributed by atoms with Crippen LogP contribution in [0.15, 0.2) is 216 Å². The maximum absolute atomic E-state index is 9.76. The Labute approximate surface area is 456 Å². The molecular weight excluding hydrogens is 1030 g/mol. The zero-order valence-electron chi connectivity index (χ0n) is 41.8. The summed E-state index contributed by atoms with van der Waals surface area (Å²) in [7, 11) is 0. The van der Waals surface area contributed by atoms with Gasteiger partial charge in [0.05, 0.1) is 34.2 Å². The van der Waals surface area contributed by atoms with Crippen molar-refractivity contribution < 1.29 is 19.5 Å². The summed E-state index contributed by atoms with van der Waals surface area (Å²) < 4.78 is 0. The molecular formula is C66H50ClN7Ru. The Morgan fingerprint density at radius 2 is 0.747 bits per heavy atom. The molecule has 9 heteroatoms. The summed E-state index contributed by atoms with van der Waals surface area (Å²) >= 11 is 5.53. The second-order valence-corrected chi connectivity index (χ2v) is 18.6. The smallest absolute Gasteiger partial charge is 0.804 e. The predicted molar refractivity (Wildman–Crippen MR) is 313 cm³/mol. The van der Waals surface area contributed by atoms with Crippen LogP contribution in [0.1, 0.15) is 47.8 Å². The molecule has 8 bridgehead atoms. The zero-order chi connectivity index (χ0) is 51.1. The molecule has 1 aliphatic carbocycles. The third-order valence-electron chi connectivity index (χ3n) is 12.9. The van der Waals surface area contributed by atoms with Crippen LogP contribution in [0.3, 0.4) is 0 Å². The normalized spacial score (nSPS) is 12.3. The third-order valence-corrected chi connectivity index (χ3v) is 13.1. The summed E-state index contributed by atoms with van der Waals surface area (Å²) in [5, 5.41) is 10.4. The molecule has 0 saturated carbocycles. The molecule has 0 amide bonds. The van der Waals surface area contributed by atoms with E-state index in [2.05, 4.69) is 172 Å². The number of aromatic nitrogens is 4. The van der Waals surface area contributed by atoms with Gasteiger partial charge in [-0.3, -0.25) is 0 Å². The van der Waals surface area contributed by atoms with Crippen LogP contribution in [0.5, 0.6) is 0 Å². The van der Waals surface area contributed by atoms with Gasteiger partial charge in [-0.25, -0.2) is 15.0 Å². The summed E-state index contributed by atoms with van der Waals surface area (Å²) in [4.78, 5) is 25.9. The van der Waals surface area contributed by atoms with E-state index in [9.17, 15) is 5.41 Å². The Balaban J connectivity index is 0.000000210. The van der Waals surface area contributed by atoms with E-state index < -0.39 is 0 Å². The van der Waals surface area contributed by atoms with Gasteiger partial charge in [0, 0.05) is 5.02 Å². The minimum absolute atomic E-state index is 0. The molecule has 1 N–H and O–H groups in total. The van der Waals surface area contributed by atoms with Gasteiger partial charge < -0.3 is 21.1 Å². The molecule has 2 aliphatic heterocycles. The number of aliphatic imine (C=N–C) groups is 1. The number of rotatable bonds is 5. The Morgan fingerprint density at radius 3 is 1.05 bits per heavy atom. The van der Waals surface area contributed by atoms with Crippen molar-refractivity contribution in [3.05, 3.63) is 261 Å². The van der Waals surface area contributed by atoms with Crippen molar-refractivity contribution in [2.45, 2.75) is 27.7 Å². The van der Waals surface area contributed by atoms with Gasteiger partial charge >= 0.3 is 19.5 Å². The van der Waals surface area contributed by atoms with Crippen molar-refractivity contribution in [3.8, 4) is 44.5 Å². The number of nitrogens with one attached hydrogen (secondary N) is 1. The van der Waals surface area contributed by atoms with Crippen molar-refractivity contribution in [1.82, 2.24) is 19.9 Å². The van der Waals surface area contributed by atoms with Gasteiger partial charge in [0.1, 0.15) is 0 Å². The number of hydrogen-bond acceptors (Lipinski definition) is 3. The summed E-state index contributed by atoms with van der Waals surface area (Å²) in [6.07, 6.45) is 12.2. The summed E-state index contributed by atoms with van der Waals surface area (Å²) in [6, 6.07) is 62.9. The van der Waals surface area contributed by atoms with Crippen molar-refractivity contribution in [1.29, 1.82) is 0 Å². The number of benzene rings is 6. The molecule has 6 aromatic carbocycles. The van der Waals surface area contributed by atoms with E-state index in [4.69, 9.17) is 42.3 Å². The van der Waals surface area contributed by atoms with Crippen molar-refractivity contribution >= 4 is 80.8 Å². The molecule has 7 nitrogen and oxygen atoms in total. The van der Waals surface area contributed by atoms with E-state index in [0.717, 1.165) is 112 Å². The van der Waals surface area contributed by atoms with Crippen molar-refractivity contribution in [2.75, 3.05) is 0 Å². The van der Waals surface area contributed by atoms with Gasteiger partial charge in [-0.15, -0.1) is 27.8 Å². The zero-order valence-corrected chi connectivity index (χ0v) is 44.3. The average Bonchev–Trinajstić information content (AvgIpc) is 4.28. The number of nitrogens with zero attached hydrogens (tertiary/aromatic N) is 6. The predicted octanol–water partition coefficient (Wildman–Crippen LogP) is 17.9. The Kier molecular flexibility index (Phi) is 15.8. The Morgan fingerprint density at radius 1 is 0.427 bits per heavy atom. The standard InChI is InChI=1S/C44H28N4.C16H17N2.C6H5ClN.Ru/c1-5-13-29(14-6-1)41-33-21-23-35(45-33)42(30-15-7-2-8-16-30)37-25-27-39(47-37)44(32-19-11-4-12-20-32)40-28-26-38(48-40)43(31-17-9-3-10-18-31)36-24-22-34(41)46-36;1-10-6-5-7-11(2)16(10)18-14-8-12(3)15(17)13(4)9-14;7-5-1-3-6(8)4-2-5;/h1-28H;5-9H,1-4H3;1-4,8H;/q-2;2*-1;+4. The van der Waals surface area contributed by atoms with Crippen LogP contribution < -0.4 is 9.97 Å².